The Labute approximate surface area is 163 Å². The van der Waals surface area contributed by atoms with Crippen molar-refractivity contribution in [3.05, 3.63) is 34.9 Å². The van der Waals surface area contributed by atoms with Crippen LogP contribution in [0.25, 0.3) is 0 Å². The summed E-state index contributed by atoms with van der Waals surface area (Å²) in [6.07, 6.45) is 2.32. The number of thioether (sulfide) groups is 1. The number of halogens is 1. The first-order valence-corrected chi connectivity index (χ1v) is 10.1. The van der Waals surface area contributed by atoms with Crippen LogP contribution in [0.2, 0.25) is 5.02 Å². The normalized spacial score (nSPS) is 11.7. The second-order valence-corrected chi connectivity index (χ2v) is 7.54. The fraction of sp³-hybridized carbons (Fsp3) is 0.500. The van der Waals surface area contributed by atoms with Gasteiger partial charge >= 0.3 is 5.97 Å². The smallest absolute Gasteiger partial charge is 0.329 e. The van der Waals surface area contributed by atoms with E-state index in [0.29, 0.717) is 35.2 Å². The number of nitrogens with one attached hydrogen (secondary N) is 2. The van der Waals surface area contributed by atoms with E-state index in [4.69, 9.17) is 16.3 Å². The number of hydrogen-bond acceptors (Lipinski definition) is 5. The number of amides is 2. The van der Waals surface area contributed by atoms with Crippen LogP contribution in [0.5, 0.6) is 0 Å². The second kappa shape index (κ2) is 11.8. The third-order valence-corrected chi connectivity index (χ3v) is 4.26. The number of ether oxygens (including phenoxy) is 1. The Balaban J connectivity index is 2.61. The maximum absolute atomic E-state index is 12.3. The predicted molar refractivity (Wildman–Crippen MR) is 105 cm³/mol. The van der Waals surface area contributed by atoms with Gasteiger partial charge in [-0.3, -0.25) is 9.59 Å². The highest BCUT2D eigenvalue weighted by Crippen LogP contribution is 2.10. The molecule has 0 radical (unpaired) electrons. The Hall–Kier alpha value is -1.73. The molecule has 2 N–H and O–H groups in total. The molecular formula is C18H25ClN2O4S. The molecule has 0 bridgehead atoms. The van der Waals surface area contributed by atoms with Crippen molar-refractivity contribution < 1.29 is 19.1 Å². The van der Waals surface area contributed by atoms with Gasteiger partial charge < -0.3 is 15.4 Å². The quantitative estimate of drug-likeness (QED) is 0.589. The average Bonchev–Trinajstić information content (AvgIpc) is 2.61. The van der Waals surface area contributed by atoms with E-state index in [1.807, 2.05) is 20.1 Å². The summed E-state index contributed by atoms with van der Waals surface area (Å²) in [5.74, 6) is -0.405. The molecule has 0 heterocycles. The lowest BCUT2D eigenvalue weighted by Gasteiger charge is -2.17. The minimum absolute atomic E-state index is 0.308. The van der Waals surface area contributed by atoms with Crippen LogP contribution in [-0.4, -0.2) is 49.0 Å². The zero-order chi connectivity index (χ0) is 19.5. The van der Waals surface area contributed by atoms with Crippen molar-refractivity contribution in [2.75, 3.05) is 25.2 Å². The molecule has 1 rings (SSSR count). The summed E-state index contributed by atoms with van der Waals surface area (Å²) in [6.45, 7) is 4.09. The molecule has 144 valence electrons. The first-order valence-electron chi connectivity index (χ1n) is 8.32. The van der Waals surface area contributed by atoms with Crippen LogP contribution in [0, 0.1) is 5.92 Å². The summed E-state index contributed by atoms with van der Waals surface area (Å²) in [5.41, 5.74) is 0.394. The second-order valence-electron chi connectivity index (χ2n) is 6.12. The predicted octanol–water partition coefficient (Wildman–Crippen LogP) is 2.51. The molecule has 26 heavy (non-hydrogen) atoms. The van der Waals surface area contributed by atoms with Crippen LogP contribution in [0.15, 0.2) is 24.3 Å². The summed E-state index contributed by atoms with van der Waals surface area (Å²) >= 11 is 7.36. The van der Waals surface area contributed by atoms with Crippen molar-refractivity contribution in [1.29, 1.82) is 0 Å². The lowest BCUT2D eigenvalue weighted by atomic mass is 10.1. The van der Waals surface area contributed by atoms with Crippen molar-refractivity contribution >= 4 is 41.1 Å². The van der Waals surface area contributed by atoms with E-state index in [2.05, 4.69) is 10.6 Å². The van der Waals surface area contributed by atoms with Crippen LogP contribution in [0.1, 0.15) is 30.6 Å². The Kier molecular flexibility index (Phi) is 10.1. The maximum Gasteiger partial charge on any atom is 0.329 e. The largest absolute Gasteiger partial charge is 0.454 e. The minimum atomic E-state index is -0.816. The lowest BCUT2D eigenvalue weighted by molar-refractivity contribution is -0.150. The molecule has 1 aromatic rings. The third kappa shape index (κ3) is 8.58. The number of hydrogen-bond donors (Lipinski definition) is 2. The summed E-state index contributed by atoms with van der Waals surface area (Å²) in [6, 6.07) is 5.54. The highest BCUT2D eigenvalue weighted by Gasteiger charge is 2.23. The van der Waals surface area contributed by atoms with Gasteiger partial charge in [0.1, 0.15) is 6.04 Å². The molecule has 0 fully saturated rings. The lowest BCUT2D eigenvalue weighted by Crippen LogP contribution is -2.43. The van der Waals surface area contributed by atoms with Gasteiger partial charge in [0.25, 0.3) is 11.8 Å². The standard InChI is InChI=1S/C18H25ClN2O4S/c1-12(2)10-20-16(22)11-25-18(24)15(8-9-26-3)21-17(23)13-4-6-14(19)7-5-13/h4-7,12,15H,8-11H2,1-3H3,(H,20,22)(H,21,23)/t15-/m0/s1. The van der Waals surface area contributed by atoms with Crippen LogP contribution >= 0.6 is 23.4 Å². The summed E-state index contributed by atoms with van der Waals surface area (Å²) in [7, 11) is 0. The fourth-order valence-corrected chi connectivity index (χ4v) is 2.53. The third-order valence-electron chi connectivity index (χ3n) is 3.36. The SMILES string of the molecule is CSCC[C@H](NC(=O)c1ccc(Cl)cc1)C(=O)OCC(=O)NCC(C)C. The molecule has 0 unspecified atom stereocenters. The van der Waals surface area contributed by atoms with E-state index < -0.39 is 17.9 Å². The van der Waals surface area contributed by atoms with Gasteiger partial charge in [0.05, 0.1) is 0 Å². The van der Waals surface area contributed by atoms with E-state index in [9.17, 15) is 14.4 Å². The molecule has 8 heteroatoms. The van der Waals surface area contributed by atoms with Crippen LogP contribution < -0.4 is 10.6 Å². The molecule has 0 aliphatic rings. The number of benzene rings is 1. The molecule has 0 aliphatic carbocycles. The molecule has 0 saturated heterocycles. The zero-order valence-corrected chi connectivity index (χ0v) is 16.8. The number of esters is 1. The highest BCUT2D eigenvalue weighted by molar-refractivity contribution is 7.98. The van der Waals surface area contributed by atoms with Crippen molar-refractivity contribution in [3.63, 3.8) is 0 Å². The van der Waals surface area contributed by atoms with Gasteiger partial charge in [0.15, 0.2) is 6.61 Å². The number of carbonyl (C=O) groups is 3. The van der Waals surface area contributed by atoms with Gasteiger partial charge in [-0.15, -0.1) is 0 Å². The molecule has 0 aliphatic heterocycles. The molecule has 0 spiro atoms. The molecule has 1 aromatic carbocycles. The van der Waals surface area contributed by atoms with Crippen molar-refractivity contribution in [3.8, 4) is 0 Å². The van der Waals surface area contributed by atoms with Crippen LogP contribution in [0.3, 0.4) is 0 Å². The molecule has 0 saturated carbocycles. The van der Waals surface area contributed by atoms with Crippen molar-refractivity contribution in [2.45, 2.75) is 26.3 Å². The molecule has 6 nitrogen and oxygen atoms in total. The Morgan fingerprint density at radius 2 is 1.85 bits per heavy atom. The topological polar surface area (TPSA) is 84.5 Å². The Bertz CT molecular complexity index is 608. The fourth-order valence-electron chi connectivity index (χ4n) is 1.93. The average molecular weight is 401 g/mol. The number of carbonyl (C=O) groups excluding carboxylic acids is 3. The van der Waals surface area contributed by atoms with Crippen LogP contribution in [0.4, 0.5) is 0 Å². The van der Waals surface area contributed by atoms with E-state index in [1.165, 1.54) is 0 Å². The first-order chi connectivity index (χ1) is 12.3. The van der Waals surface area contributed by atoms with Gasteiger partial charge in [-0.25, -0.2) is 4.79 Å². The van der Waals surface area contributed by atoms with E-state index in [0.717, 1.165) is 0 Å². The molecule has 0 aromatic heterocycles. The molecular weight excluding hydrogens is 376 g/mol. The van der Waals surface area contributed by atoms with Gasteiger partial charge in [-0.1, -0.05) is 25.4 Å². The summed E-state index contributed by atoms with van der Waals surface area (Å²) in [4.78, 5) is 36.2. The van der Waals surface area contributed by atoms with Gasteiger partial charge in [0.2, 0.25) is 0 Å². The molecule has 2 amide bonds. The van der Waals surface area contributed by atoms with Crippen LogP contribution in [-0.2, 0) is 14.3 Å². The zero-order valence-electron chi connectivity index (χ0n) is 15.2. The van der Waals surface area contributed by atoms with Gasteiger partial charge in [-0.05, 0) is 48.6 Å². The number of rotatable bonds is 10. The van der Waals surface area contributed by atoms with E-state index in [1.54, 1.807) is 36.0 Å². The van der Waals surface area contributed by atoms with E-state index in [-0.39, 0.29) is 12.5 Å². The maximum atomic E-state index is 12.3. The van der Waals surface area contributed by atoms with Crippen molar-refractivity contribution in [1.82, 2.24) is 10.6 Å². The van der Waals surface area contributed by atoms with E-state index >= 15 is 0 Å². The van der Waals surface area contributed by atoms with Gasteiger partial charge in [-0.2, -0.15) is 11.8 Å². The monoisotopic (exact) mass is 400 g/mol. The highest BCUT2D eigenvalue weighted by atomic mass is 35.5. The first kappa shape index (κ1) is 22.3. The Morgan fingerprint density at radius 3 is 2.42 bits per heavy atom. The summed E-state index contributed by atoms with van der Waals surface area (Å²) in [5, 5.41) is 5.85. The van der Waals surface area contributed by atoms with Crippen molar-refractivity contribution in [2.24, 2.45) is 5.92 Å². The summed E-state index contributed by atoms with van der Waals surface area (Å²) < 4.78 is 5.06. The Morgan fingerprint density at radius 1 is 1.19 bits per heavy atom. The molecule has 1 atom stereocenters. The minimum Gasteiger partial charge on any atom is -0.454 e. The van der Waals surface area contributed by atoms with Gasteiger partial charge in [0, 0.05) is 17.1 Å².